The van der Waals surface area contributed by atoms with Crippen LogP contribution in [0, 0.1) is 10.1 Å². The van der Waals surface area contributed by atoms with Gasteiger partial charge >= 0.3 is 24.3 Å². The molecule has 0 bridgehead atoms. The molecule has 2 amide bonds. The number of alkyl carbamates (subject to hydrolysis) is 1. The van der Waals surface area contributed by atoms with Gasteiger partial charge in [-0.2, -0.15) is 0 Å². The highest BCUT2D eigenvalue weighted by Gasteiger charge is 2.44. The molecule has 0 saturated carbocycles. The minimum Gasteiger partial charge on any atom is -0.493 e. The molecular formula is C31H39N3O14. The summed E-state index contributed by atoms with van der Waals surface area (Å²) in [6, 6.07) is 7.74. The van der Waals surface area contributed by atoms with Crippen LogP contribution in [0.15, 0.2) is 36.4 Å². The first-order valence-electron chi connectivity index (χ1n) is 14.7. The molecule has 0 spiro atoms. The van der Waals surface area contributed by atoms with Gasteiger partial charge in [-0.05, 0) is 57.5 Å². The molecule has 1 fully saturated rings. The van der Waals surface area contributed by atoms with E-state index in [-0.39, 0.29) is 67.9 Å². The molecule has 1 aliphatic heterocycles. The summed E-state index contributed by atoms with van der Waals surface area (Å²) < 4.78 is 42.5. The SMILES string of the molecule is COc1cc(COC(=O)Oc2ccc([N+](=O)[O-])cc2)cc(OC)c1OC(=O)NCC(C)OC(=O)C1(NC(=O)OC(C)(C)C)CCOCC1. The third-order valence-electron chi connectivity index (χ3n) is 6.64. The van der Waals surface area contributed by atoms with Crippen molar-refractivity contribution in [2.24, 2.45) is 0 Å². The van der Waals surface area contributed by atoms with Gasteiger partial charge in [-0.1, -0.05) is 0 Å². The number of methoxy groups -OCH3 is 2. The maximum atomic E-state index is 13.2. The molecule has 17 nitrogen and oxygen atoms in total. The van der Waals surface area contributed by atoms with Gasteiger partial charge in [0.1, 0.15) is 29.6 Å². The van der Waals surface area contributed by atoms with Crippen LogP contribution in [-0.4, -0.2) is 80.5 Å². The summed E-state index contributed by atoms with van der Waals surface area (Å²) in [5, 5.41) is 15.9. The van der Waals surface area contributed by atoms with E-state index in [1.54, 1.807) is 27.7 Å². The fourth-order valence-corrected chi connectivity index (χ4v) is 4.31. The molecular weight excluding hydrogens is 638 g/mol. The fraction of sp³-hybridized carbons (Fsp3) is 0.484. The zero-order chi connectivity index (χ0) is 35.5. The second kappa shape index (κ2) is 16.5. The van der Waals surface area contributed by atoms with E-state index in [2.05, 4.69) is 10.6 Å². The van der Waals surface area contributed by atoms with Crippen LogP contribution in [0.1, 0.15) is 46.1 Å². The Bertz CT molecular complexity index is 1440. The summed E-state index contributed by atoms with van der Waals surface area (Å²) in [6.45, 7) is 6.69. The summed E-state index contributed by atoms with van der Waals surface area (Å²) in [5.74, 6) is -0.596. The first-order chi connectivity index (χ1) is 22.6. The number of nitro groups is 1. The van der Waals surface area contributed by atoms with Crippen LogP contribution in [0.3, 0.4) is 0 Å². The molecule has 1 unspecified atom stereocenters. The Morgan fingerprint density at radius 1 is 0.979 bits per heavy atom. The van der Waals surface area contributed by atoms with E-state index in [4.69, 9.17) is 37.9 Å². The summed E-state index contributed by atoms with van der Waals surface area (Å²) in [4.78, 5) is 60.7. The number of benzene rings is 2. The molecule has 17 heteroatoms. The van der Waals surface area contributed by atoms with Gasteiger partial charge in [-0.25, -0.2) is 19.2 Å². The summed E-state index contributed by atoms with van der Waals surface area (Å²) in [7, 11) is 2.65. The van der Waals surface area contributed by atoms with Crippen molar-refractivity contribution in [3.05, 3.63) is 52.1 Å². The van der Waals surface area contributed by atoms with E-state index in [0.717, 1.165) is 0 Å². The number of nitro benzene ring substituents is 1. The van der Waals surface area contributed by atoms with Crippen molar-refractivity contribution in [2.75, 3.05) is 34.0 Å². The van der Waals surface area contributed by atoms with E-state index >= 15 is 0 Å². The van der Waals surface area contributed by atoms with Gasteiger partial charge in [0.05, 0.1) is 25.7 Å². The average molecular weight is 678 g/mol. The Hall–Kier alpha value is -5.32. The normalized spacial score (nSPS) is 14.4. The molecule has 0 aromatic heterocycles. The van der Waals surface area contributed by atoms with Crippen LogP contribution < -0.4 is 29.6 Å². The van der Waals surface area contributed by atoms with Crippen molar-refractivity contribution in [3.8, 4) is 23.0 Å². The molecule has 0 aliphatic carbocycles. The lowest BCUT2D eigenvalue weighted by molar-refractivity contribution is -0.384. The van der Waals surface area contributed by atoms with Crippen LogP contribution in [0.5, 0.6) is 23.0 Å². The number of non-ortho nitro benzene ring substituents is 1. The summed E-state index contributed by atoms with van der Waals surface area (Å²) in [6.07, 6.45) is -3.22. The van der Waals surface area contributed by atoms with Gasteiger partial charge in [-0.3, -0.25) is 10.1 Å². The van der Waals surface area contributed by atoms with Crippen molar-refractivity contribution in [1.82, 2.24) is 10.6 Å². The van der Waals surface area contributed by atoms with Crippen molar-refractivity contribution < 1.29 is 62.0 Å². The number of amides is 2. The first kappa shape index (κ1) is 37.1. The molecule has 2 N–H and O–H groups in total. The minimum atomic E-state index is -1.36. The van der Waals surface area contributed by atoms with Crippen molar-refractivity contribution >= 4 is 30.0 Å². The van der Waals surface area contributed by atoms with Crippen LogP contribution in [0.2, 0.25) is 0 Å². The Morgan fingerprint density at radius 2 is 1.58 bits per heavy atom. The first-order valence-corrected chi connectivity index (χ1v) is 14.7. The van der Waals surface area contributed by atoms with E-state index in [0.29, 0.717) is 5.56 Å². The van der Waals surface area contributed by atoms with Crippen molar-refractivity contribution in [3.63, 3.8) is 0 Å². The van der Waals surface area contributed by atoms with Crippen LogP contribution >= 0.6 is 0 Å². The van der Waals surface area contributed by atoms with E-state index < -0.39 is 46.5 Å². The van der Waals surface area contributed by atoms with Gasteiger partial charge in [0.2, 0.25) is 5.75 Å². The Kier molecular flexibility index (Phi) is 12.8. The molecule has 48 heavy (non-hydrogen) atoms. The Morgan fingerprint density at radius 3 is 2.12 bits per heavy atom. The third kappa shape index (κ3) is 10.9. The maximum Gasteiger partial charge on any atom is 0.514 e. The predicted octanol–water partition coefficient (Wildman–Crippen LogP) is 4.42. The van der Waals surface area contributed by atoms with Crippen molar-refractivity contribution in [1.29, 1.82) is 0 Å². The number of hydrogen-bond donors (Lipinski definition) is 2. The van der Waals surface area contributed by atoms with Crippen LogP contribution in [-0.2, 0) is 30.3 Å². The van der Waals surface area contributed by atoms with Gasteiger partial charge < -0.3 is 48.5 Å². The zero-order valence-corrected chi connectivity index (χ0v) is 27.4. The van der Waals surface area contributed by atoms with E-state index in [1.807, 2.05) is 0 Å². The highest BCUT2D eigenvalue weighted by atomic mass is 16.7. The lowest BCUT2D eigenvalue weighted by atomic mass is 9.90. The zero-order valence-electron chi connectivity index (χ0n) is 27.4. The Balaban J connectivity index is 1.56. The second-order valence-electron chi connectivity index (χ2n) is 11.5. The monoisotopic (exact) mass is 677 g/mol. The minimum absolute atomic E-state index is 0.0418. The number of carbonyl (C=O) groups is 4. The average Bonchev–Trinajstić information content (AvgIpc) is 3.02. The highest BCUT2D eigenvalue weighted by Crippen LogP contribution is 2.39. The number of hydrogen-bond acceptors (Lipinski definition) is 14. The summed E-state index contributed by atoms with van der Waals surface area (Å²) >= 11 is 0. The molecule has 1 heterocycles. The van der Waals surface area contributed by atoms with Crippen molar-refractivity contribution in [2.45, 2.75) is 64.4 Å². The van der Waals surface area contributed by atoms with Gasteiger partial charge in [0, 0.05) is 38.2 Å². The lowest BCUT2D eigenvalue weighted by Crippen LogP contribution is -2.59. The number of nitrogens with one attached hydrogen (secondary N) is 2. The number of carbonyl (C=O) groups excluding carboxylic acids is 4. The quantitative estimate of drug-likeness (QED) is 0.105. The Labute approximate surface area is 276 Å². The number of ether oxygens (including phenoxy) is 8. The van der Waals surface area contributed by atoms with Gasteiger partial charge in [0.25, 0.3) is 5.69 Å². The molecule has 2 aromatic carbocycles. The molecule has 1 atom stereocenters. The van der Waals surface area contributed by atoms with E-state index in [9.17, 15) is 29.3 Å². The standard InChI is InChI=1S/C31H39N3O14/c1-19(45-26(35)31(11-13-43-14-12-31)33-28(37)48-30(2,3)4)17-32-27(36)47-25-23(41-5)15-20(16-24(25)42-6)18-44-29(38)46-22-9-7-21(8-10-22)34(39)40/h7-10,15-16,19H,11-14,17-18H2,1-6H3,(H,32,36)(H,33,37). The lowest BCUT2D eigenvalue weighted by Gasteiger charge is -2.36. The van der Waals surface area contributed by atoms with Crippen LogP contribution in [0.4, 0.5) is 20.1 Å². The topological polar surface area (TPSA) is 209 Å². The van der Waals surface area contributed by atoms with Gasteiger partial charge in [0.15, 0.2) is 11.5 Å². The summed E-state index contributed by atoms with van der Waals surface area (Å²) in [5.41, 5.74) is -1.91. The third-order valence-corrected chi connectivity index (χ3v) is 6.64. The largest absolute Gasteiger partial charge is 0.514 e. The van der Waals surface area contributed by atoms with E-state index in [1.165, 1.54) is 50.6 Å². The van der Waals surface area contributed by atoms with Gasteiger partial charge in [-0.15, -0.1) is 0 Å². The molecule has 2 aromatic rings. The molecule has 1 saturated heterocycles. The fourth-order valence-electron chi connectivity index (χ4n) is 4.31. The number of nitrogens with zero attached hydrogens (tertiary/aromatic N) is 1. The van der Waals surface area contributed by atoms with Crippen LogP contribution in [0.25, 0.3) is 0 Å². The second-order valence-corrected chi connectivity index (χ2v) is 11.5. The molecule has 3 rings (SSSR count). The molecule has 1 aliphatic rings. The molecule has 0 radical (unpaired) electrons. The predicted molar refractivity (Wildman–Crippen MR) is 165 cm³/mol. The molecule has 262 valence electrons. The highest BCUT2D eigenvalue weighted by molar-refractivity contribution is 5.86. The number of esters is 1. The number of rotatable bonds is 12. The smallest absolute Gasteiger partial charge is 0.493 e. The maximum absolute atomic E-state index is 13.2.